The summed E-state index contributed by atoms with van der Waals surface area (Å²) in [4.78, 5) is 38.0. The van der Waals surface area contributed by atoms with Gasteiger partial charge in [0.2, 0.25) is 5.91 Å². The number of carbonyl (C=O) groups is 3. The molecule has 2 heterocycles. The Labute approximate surface area is 196 Å². The van der Waals surface area contributed by atoms with Gasteiger partial charge in [-0.15, -0.1) is 11.3 Å². The lowest BCUT2D eigenvalue weighted by atomic mass is 10.0. The fourth-order valence-corrected chi connectivity index (χ4v) is 4.79. The zero-order valence-electron chi connectivity index (χ0n) is 17.1. The molecule has 2 amide bonds. The zero-order chi connectivity index (χ0) is 23.9. The van der Waals surface area contributed by atoms with E-state index in [1.165, 1.54) is 29.6 Å². The number of aromatic carboxylic acids is 1. The van der Waals surface area contributed by atoms with Gasteiger partial charge in [0.05, 0.1) is 28.3 Å². The number of carbonyl (C=O) groups excluding carboxylic acids is 2. The van der Waals surface area contributed by atoms with Gasteiger partial charge in [-0.2, -0.15) is 0 Å². The van der Waals surface area contributed by atoms with Crippen molar-refractivity contribution >= 4 is 46.4 Å². The standard InChI is InChI=1S/C23H16ClF2NO5S/c1-2-17(20-14(25)4-3-5-15(20)26)32-12-6-7-13(24)16(9-12)27-18(28)8-11-10-33-21(23(30)31)19(11)22(27)29/h3-7,9-10,17H,2,8H2,1H3,(H,30,31). The van der Waals surface area contributed by atoms with Gasteiger partial charge in [-0.3, -0.25) is 9.59 Å². The number of hydrogen-bond donors (Lipinski definition) is 1. The topological polar surface area (TPSA) is 83.9 Å². The van der Waals surface area contributed by atoms with Crippen LogP contribution in [0.3, 0.4) is 0 Å². The second-order valence-electron chi connectivity index (χ2n) is 7.24. The van der Waals surface area contributed by atoms with E-state index in [1.807, 2.05) is 0 Å². The van der Waals surface area contributed by atoms with Crippen LogP contribution >= 0.6 is 22.9 Å². The van der Waals surface area contributed by atoms with Crippen LogP contribution in [0, 0.1) is 11.6 Å². The van der Waals surface area contributed by atoms with E-state index < -0.39 is 35.5 Å². The SMILES string of the molecule is CCC(Oc1ccc(Cl)c(N2C(=O)Cc3csc(C(=O)O)c3C2=O)c1)c1c(F)cccc1F. The highest BCUT2D eigenvalue weighted by atomic mass is 35.5. The minimum Gasteiger partial charge on any atom is -0.485 e. The molecule has 0 bridgehead atoms. The molecule has 1 aliphatic heterocycles. The van der Waals surface area contributed by atoms with Crippen molar-refractivity contribution in [3.05, 3.63) is 80.0 Å². The highest BCUT2D eigenvalue weighted by Crippen LogP contribution is 2.38. The predicted octanol–water partition coefficient (Wildman–Crippen LogP) is 5.64. The summed E-state index contributed by atoms with van der Waals surface area (Å²) in [6.45, 7) is 1.69. The van der Waals surface area contributed by atoms with Crippen molar-refractivity contribution in [3.8, 4) is 5.75 Å². The number of imide groups is 1. The summed E-state index contributed by atoms with van der Waals surface area (Å²) in [5.41, 5.74) is 0.0273. The molecule has 1 aromatic heterocycles. The van der Waals surface area contributed by atoms with E-state index >= 15 is 0 Å². The van der Waals surface area contributed by atoms with Crippen LogP contribution in [0.25, 0.3) is 0 Å². The Hall–Kier alpha value is -3.30. The van der Waals surface area contributed by atoms with Crippen molar-refractivity contribution in [3.63, 3.8) is 0 Å². The molecule has 0 saturated carbocycles. The van der Waals surface area contributed by atoms with Crippen molar-refractivity contribution in [1.29, 1.82) is 0 Å². The number of thiophene rings is 1. The highest BCUT2D eigenvalue weighted by molar-refractivity contribution is 7.12. The molecule has 1 aliphatic rings. The maximum atomic E-state index is 14.3. The Balaban J connectivity index is 1.72. The zero-order valence-corrected chi connectivity index (χ0v) is 18.7. The number of halogens is 3. The second kappa shape index (κ2) is 8.92. The Morgan fingerprint density at radius 1 is 1.24 bits per heavy atom. The number of benzene rings is 2. The Morgan fingerprint density at radius 3 is 2.58 bits per heavy atom. The third-order valence-corrected chi connectivity index (χ3v) is 6.54. The molecule has 0 saturated heterocycles. The quantitative estimate of drug-likeness (QED) is 0.451. The van der Waals surface area contributed by atoms with Crippen LogP contribution in [0.2, 0.25) is 5.02 Å². The van der Waals surface area contributed by atoms with E-state index in [1.54, 1.807) is 6.92 Å². The molecule has 1 unspecified atom stereocenters. The van der Waals surface area contributed by atoms with Gasteiger partial charge in [0.15, 0.2) is 0 Å². The summed E-state index contributed by atoms with van der Waals surface area (Å²) in [5.74, 6) is -4.07. The number of nitrogens with zero attached hydrogens (tertiary/aromatic N) is 1. The van der Waals surface area contributed by atoms with E-state index in [0.29, 0.717) is 5.56 Å². The molecule has 1 atom stereocenters. The first-order valence-electron chi connectivity index (χ1n) is 9.84. The average Bonchev–Trinajstić information content (AvgIpc) is 3.19. The Morgan fingerprint density at radius 2 is 1.94 bits per heavy atom. The van der Waals surface area contributed by atoms with Gasteiger partial charge >= 0.3 is 5.97 Å². The number of hydrogen-bond acceptors (Lipinski definition) is 5. The summed E-state index contributed by atoms with van der Waals surface area (Å²) in [5, 5.41) is 10.9. The number of ether oxygens (including phenoxy) is 1. The number of carboxylic acids is 1. The van der Waals surface area contributed by atoms with Crippen LogP contribution in [-0.2, 0) is 11.2 Å². The molecule has 6 nitrogen and oxygen atoms in total. The highest BCUT2D eigenvalue weighted by Gasteiger charge is 2.38. The molecular weight excluding hydrogens is 476 g/mol. The van der Waals surface area contributed by atoms with E-state index in [0.717, 1.165) is 28.4 Å². The van der Waals surface area contributed by atoms with Crippen LogP contribution in [0.4, 0.5) is 14.5 Å². The summed E-state index contributed by atoms with van der Waals surface area (Å²) in [6.07, 6.45) is -0.919. The molecule has 10 heteroatoms. The predicted molar refractivity (Wildman–Crippen MR) is 118 cm³/mol. The van der Waals surface area contributed by atoms with Gasteiger partial charge < -0.3 is 9.84 Å². The van der Waals surface area contributed by atoms with E-state index in [4.69, 9.17) is 16.3 Å². The van der Waals surface area contributed by atoms with Crippen molar-refractivity contribution in [2.24, 2.45) is 0 Å². The molecule has 0 radical (unpaired) electrons. The van der Waals surface area contributed by atoms with Crippen molar-refractivity contribution in [2.45, 2.75) is 25.9 Å². The fourth-order valence-electron chi connectivity index (χ4n) is 3.69. The van der Waals surface area contributed by atoms with Gasteiger partial charge in [-0.05, 0) is 41.6 Å². The van der Waals surface area contributed by atoms with Crippen LogP contribution in [0.1, 0.15) is 50.6 Å². The largest absolute Gasteiger partial charge is 0.485 e. The molecular formula is C23H16ClF2NO5S. The molecule has 33 heavy (non-hydrogen) atoms. The third-order valence-electron chi connectivity index (χ3n) is 5.20. The van der Waals surface area contributed by atoms with Crippen LogP contribution < -0.4 is 9.64 Å². The normalized spacial score (nSPS) is 14.2. The number of amides is 2. The summed E-state index contributed by atoms with van der Waals surface area (Å²) >= 11 is 7.13. The minimum absolute atomic E-state index is 0.0128. The monoisotopic (exact) mass is 491 g/mol. The molecule has 0 fully saturated rings. The molecule has 0 aliphatic carbocycles. The van der Waals surface area contributed by atoms with Gasteiger partial charge in [0, 0.05) is 6.07 Å². The second-order valence-corrected chi connectivity index (χ2v) is 8.53. The number of fused-ring (bicyclic) bond motifs is 1. The molecule has 2 aromatic carbocycles. The lowest BCUT2D eigenvalue weighted by Gasteiger charge is -2.27. The average molecular weight is 492 g/mol. The van der Waals surface area contributed by atoms with Crippen LogP contribution in [-0.4, -0.2) is 22.9 Å². The lowest BCUT2D eigenvalue weighted by molar-refractivity contribution is -0.117. The molecule has 170 valence electrons. The van der Waals surface area contributed by atoms with E-state index in [2.05, 4.69) is 0 Å². The van der Waals surface area contributed by atoms with Crippen molar-refractivity contribution in [1.82, 2.24) is 0 Å². The first-order chi connectivity index (χ1) is 15.7. The van der Waals surface area contributed by atoms with Gasteiger partial charge in [0.25, 0.3) is 5.91 Å². The van der Waals surface area contributed by atoms with Crippen molar-refractivity contribution < 1.29 is 33.0 Å². The van der Waals surface area contributed by atoms with Gasteiger partial charge in [0.1, 0.15) is 28.4 Å². The van der Waals surface area contributed by atoms with Crippen molar-refractivity contribution in [2.75, 3.05) is 4.90 Å². The first kappa shape index (κ1) is 22.9. The summed E-state index contributed by atoms with van der Waals surface area (Å²) < 4.78 is 34.3. The van der Waals surface area contributed by atoms with E-state index in [-0.39, 0.29) is 45.3 Å². The Kier molecular flexibility index (Phi) is 6.18. The summed E-state index contributed by atoms with van der Waals surface area (Å²) in [7, 11) is 0. The Bertz CT molecular complexity index is 1270. The lowest BCUT2D eigenvalue weighted by Crippen LogP contribution is -2.42. The molecule has 3 aromatic rings. The maximum absolute atomic E-state index is 14.3. The van der Waals surface area contributed by atoms with Gasteiger partial charge in [-0.25, -0.2) is 18.5 Å². The van der Waals surface area contributed by atoms with Crippen LogP contribution in [0.5, 0.6) is 5.75 Å². The first-order valence-corrected chi connectivity index (χ1v) is 11.1. The van der Waals surface area contributed by atoms with Crippen LogP contribution in [0.15, 0.2) is 41.8 Å². The van der Waals surface area contributed by atoms with E-state index in [9.17, 15) is 28.3 Å². The molecule has 4 rings (SSSR count). The number of rotatable bonds is 6. The fraction of sp³-hybridized carbons (Fsp3) is 0.174. The number of anilines is 1. The number of carboxylic acid groups (broad SMARTS) is 1. The maximum Gasteiger partial charge on any atom is 0.346 e. The smallest absolute Gasteiger partial charge is 0.346 e. The minimum atomic E-state index is -1.27. The third kappa shape index (κ3) is 4.09. The summed E-state index contributed by atoms with van der Waals surface area (Å²) in [6, 6.07) is 7.65. The van der Waals surface area contributed by atoms with Gasteiger partial charge in [-0.1, -0.05) is 24.6 Å². The molecule has 0 spiro atoms. The molecule has 1 N–H and O–H groups in total.